The fourth-order valence-corrected chi connectivity index (χ4v) is 1.93. The molecule has 0 bridgehead atoms. The monoisotopic (exact) mass is 329 g/mol. The summed E-state index contributed by atoms with van der Waals surface area (Å²) in [6.07, 6.45) is 4.17. The van der Waals surface area contributed by atoms with Gasteiger partial charge < -0.3 is 4.74 Å². The number of quaternary nitrogens is 1. The largest absolute Gasteiger partial charge is 0.443 e. The smallest absolute Gasteiger partial charge is 0.418 e. The van der Waals surface area contributed by atoms with E-state index in [1.54, 1.807) is 39.1 Å². The lowest BCUT2D eigenvalue weighted by Crippen LogP contribution is -2.73. The molecule has 1 rings (SSSR count). The summed E-state index contributed by atoms with van der Waals surface area (Å²) in [6.45, 7) is 9.11. The minimum atomic E-state index is -0.564. The standard InChI is InChI=1S/C13H17BrN2O3/c1-5-11-9(10(14)8-15-18)6-7-16(11)12(17)19-13(2,3)4/h5-8,15,18H,1H2,2-4H3/p+1. The van der Waals surface area contributed by atoms with Gasteiger partial charge >= 0.3 is 6.09 Å². The molecule has 3 N–H and O–H groups in total. The van der Waals surface area contributed by atoms with Gasteiger partial charge in [-0.3, -0.25) is 4.57 Å². The van der Waals surface area contributed by atoms with Crippen LogP contribution in [0.15, 0.2) is 25.0 Å². The molecule has 0 atom stereocenters. The molecule has 0 saturated heterocycles. The van der Waals surface area contributed by atoms with Crippen molar-refractivity contribution in [2.75, 3.05) is 0 Å². The molecule has 19 heavy (non-hydrogen) atoms. The molecule has 1 aromatic heterocycles. The van der Waals surface area contributed by atoms with Gasteiger partial charge in [-0.1, -0.05) is 6.58 Å². The fourth-order valence-electron chi connectivity index (χ4n) is 1.48. The Balaban J connectivity index is 3.15. The van der Waals surface area contributed by atoms with Crippen LogP contribution in [0.4, 0.5) is 4.79 Å². The number of halogens is 1. The number of nitrogens with two attached hydrogens (primary N) is 1. The molecule has 6 heteroatoms. The van der Waals surface area contributed by atoms with E-state index in [0.29, 0.717) is 10.2 Å². The summed E-state index contributed by atoms with van der Waals surface area (Å²) in [4.78, 5) is 12.0. The number of carbonyl (C=O) groups is 1. The van der Waals surface area contributed by atoms with Crippen LogP contribution in [-0.4, -0.2) is 21.5 Å². The van der Waals surface area contributed by atoms with E-state index in [2.05, 4.69) is 22.5 Å². The highest BCUT2D eigenvalue weighted by Crippen LogP contribution is 2.26. The van der Waals surface area contributed by atoms with Gasteiger partial charge in [0.05, 0.1) is 10.2 Å². The molecule has 1 aromatic rings. The van der Waals surface area contributed by atoms with Crippen molar-refractivity contribution >= 4 is 32.6 Å². The molecule has 0 amide bonds. The molecule has 5 nitrogen and oxygen atoms in total. The highest BCUT2D eigenvalue weighted by atomic mass is 79.9. The van der Waals surface area contributed by atoms with E-state index in [0.717, 1.165) is 11.0 Å². The Bertz CT molecular complexity index is 512. The van der Waals surface area contributed by atoms with Crippen molar-refractivity contribution in [3.05, 3.63) is 36.3 Å². The Labute approximate surface area is 120 Å². The summed E-state index contributed by atoms with van der Waals surface area (Å²) in [5, 5.41) is 8.77. The summed E-state index contributed by atoms with van der Waals surface area (Å²) in [5.41, 5.74) is 1.69. The highest BCUT2D eigenvalue weighted by Gasteiger charge is 2.21. The summed E-state index contributed by atoms with van der Waals surface area (Å²) < 4.78 is 7.32. The summed E-state index contributed by atoms with van der Waals surface area (Å²) >= 11 is 3.32. The second-order valence-electron chi connectivity index (χ2n) is 4.83. The van der Waals surface area contributed by atoms with E-state index < -0.39 is 11.7 Å². The van der Waals surface area contributed by atoms with Crippen LogP contribution in [0.3, 0.4) is 0 Å². The first kappa shape index (κ1) is 15.7. The fraction of sp³-hybridized carbons (Fsp3) is 0.308. The Kier molecular flexibility index (Phi) is 5.11. The molecule has 104 valence electrons. The van der Waals surface area contributed by atoms with Gasteiger partial charge in [0, 0.05) is 11.8 Å². The van der Waals surface area contributed by atoms with Gasteiger partial charge in [-0.15, -0.1) is 0 Å². The first-order valence-electron chi connectivity index (χ1n) is 5.71. The maximum atomic E-state index is 12.0. The topological polar surface area (TPSA) is 68.1 Å². The van der Waals surface area contributed by atoms with Crippen molar-refractivity contribution in [3.8, 4) is 0 Å². The van der Waals surface area contributed by atoms with Gasteiger partial charge in [0.25, 0.3) is 0 Å². The number of hydrogen-bond donors (Lipinski definition) is 2. The number of aromatic nitrogens is 1. The third-order valence-corrected chi connectivity index (χ3v) is 2.88. The summed E-state index contributed by atoms with van der Waals surface area (Å²) in [7, 11) is 0. The lowest BCUT2D eigenvalue weighted by Gasteiger charge is -2.20. The van der Waals surface area contributed by atoms with Gasteiger partial charge in [-0.2, -0.15) is 5.48 Å². The maximum absolute atomic E-state index is 12.0. The van der Waals surface area contributed by atoms with E-state index in [9.17, 15) is 4.79 Å². The third-order valence-electron chi connectivity index (χ3n) is 2.19. The number of hydroxylamine groups is 1. The molecule has 0 aromatic carbocycles. The molecule has 0 spiro atoms. The van der Waals surface area contributed by atoms with Crippen molar-refractivity contribution in [1.82, 2.24) is 4.57 Å². The summed E-state index contributed by atoms with van der Waals surface area (Å²) in [5.74, 6) is 0. The van der Waals surface area contributed by atoms with Crippen LogP contribution >= 0.6 is 15.9 Å². The third kappa shape index (κ3) is 4.05. The average Bonchev–Trinajstić information content (AvgIpc) is 2.70. The molecule has 0 unspecified atom stereocenters. The first-order valence-corrected chi connectivity index (χ1v) is 6.50. The maximum Gasteiger partial charge on any atom is 0.418 e. The van der Waals surface area contributed by atoms with E-state index in [-0.39, 0.29) is 0 Å². The van der Waals surface area contributed by atoms with E-state index in [4.69, 9.17) is 9.94 Å². The minimum absolute atomic E-state index is 0.470. The quantitative estimate of drug-likeness (QED) is 0.837. The number of rotatable bonds is 3. The Morgan fingerprint density at radius 3 is 2.68 bits per heavy atom. The summed E-state index contributed by atoms with van der Waals surface area (Å²) in [6, 6.07) is 1.74. The van der Waals surface area contributed by atoms with E-state index >= 15 is 0 Å². The molecule has 0 aliphatic carbocycles. The van der Waals surface area contributed by atoms with Gasteiger partial charge in [0.15, 0.2) is 0 Å². The van der Waals surface area contributed by atoms with Gasteiger partial charge in [-0.25, -0.2) is 10.0 Å². The molecule has 0 saturated carbocycles. The number of ether oxygens (including phenoxy) is 1. The molecular weight excluding hydrogens is 312 g/mol. The second-order valence-corrected chi connectivity index (χ2v) is 5.69. The zero-order valence-electron chi connectivity index (χ0n) is 11.2. The Morgan fingerprint density at radius 2 is 2.21 bits per heavy atom. The van der Waals surface area contributed by atoms with Crippen LogP contribution in [0, 0.1) is 0 Å². The Hall–Kier alpha value is -1.37. The van der Waals surface area contributed by atoms with Crippen molar-refractivity contribution in [3.63, 3.8) is 0 Å². The molecule has 0 aliphatic heterocycles. The van der Waals surface area contributed by atoms with Crippen molar-refractivity contribution in [1.29, 1.82) is 0 Å². The molecule has 0 radical (unpaired) electrons. The number of nitrogens with zero attached hydrogens (tertiary/aromatic N) is 1. The molecule has 0 fully saturated rings. The van der Waals surface area contributed by atoms with Crippen LogP contribution in [-0.2, 0) is 4.74 Å². The van der Waals surface area contributed by atoms with Crippen molar-refractivity contribution in [2.45, 2.75) is 26.4 Å². The lowest BCUT2D eigenvalue weighted by atomic mass is 10.2. The van der Waals surface area contributed by atoms with Crippen LogP contribution < -0.4 is 5.48 Å². The predicted molar refractivity (Wildman–Crippen MR) is 76.8 cm³/mol. The van der Waals surface area contributed by atoms with Gasteiger partial charge in [0.2, 0.25) is 0 Å². The average molecular weight is 330 g/mol. The molecule has 1 heterocycles. The first-order chi connectivity index (χ1) is 8.80. The van der Waals surface area contributed by atoms with Crippen LogP contribution in [0.1, 0.15) is 32.0 Å². The second kappa shape index (κ2) is 6.18. The molecular formula is C13H18BrN2O3+. The van der Waals surface area contributed by atoms with Gasteiger partial charge in [0.1, 0.15) is 11.8 Å². The zero-order chi connectivity index (χ0) is 14.6. The predicted octanol–water partition coefficient (Wildman–Crippen LogP) is 2.56. The molecule has 0 aliphatic rings. The normalized spacial score (nSPS) is 12.4. The van der Waals surface area contributed by atoms with Gasteiger partial charge in [-0.05, 0) is 48.8 Å². The van der Waals surface area contributed by atoms with Crippen LogP contribution in [0.2, 0.25) is 0 Å². The van der Waals surface area contributed by atoms with E-state index in [1.807, 2.05) is 0 Å². The zero-order valence-corrected chi connectivity index (χ0v) is 12.8. The number of carbonyl (C=O) groups excluding carboxylic acids is 1. The van der Waals surface area contributed by atoms with Crippen LogP contribution in [0.25, 0.3) is 10.6 Å². The van der Waals surface area contributed by atoms with Crippen molar-refractivity contribution in [2.24, 2.45) is 0 Å². The minimum Gasteiger partial charge on any atom is -0.443 e. The van der Waals surface area contributed by atoms with Crippen LogP contribution in [0.5, 0.6) is 0 Å². The van der Waals surface area contributed by atoms with E-state index in [1.165, 1.54) is 10.8 Å². The Morgan fingerprint density at radius 1 is 1.58 bits per heavy atom. The SMILES string of the molecule is C=Cc1c(C(Br)=C[NH2+]O)ccn1C(=O)OC(C)(C)C. The number of hydrogen-bond acceptors (Lipinski definition) is 3. The highest BCUT2D eigenvalue weighted by molar-refractivity contribution is 9.15. The van der Waals surface area contributed by atoms with Crippen molar-refractivity contribution < 1.29 is 20.2 Å². The lowest BCUT2D eigenvalue weighted by molar-refractivity contribution is -0.837.